The molecule has 4 aliphatic carbocycles. The van der Waals surface area contributed by atoms with Crippen LogP contribution in [-0.2, 0) is 11.8 Å². The number of fused-ring (bicyclic) bond motifs is 13. The summed E-state index contributed by atoms with van der Waals surface area (Å²) < 4.78 is 5.17. The van der Waals surface area contributed by atoms with Crippen LogP contribution in [0.4, 0.5) is 28.4 Å². The molecule has 0 saturated carbocycles. The number of nitrogens with zero attached hydrogens (tertiary/aromatic N) is 2. The van der Waals surface area contributed by atoms with Crippen molar-refractivity contribution in [3.05, 3.63) is 271 Å². The zero-order chi connectivity index (χ0) is 48.5. The Bertz CT molecular complexity index is 4090. The Morgan fingerprint density at radius 3 is 2.01 bits per heavy atom. The fourth-order valence-corrected chi connectivity index (χ4v) is 14.9. The average Bonchev–Trinajstić information content (AvgIpc) is 4.12. The van der Waals surface area contributed by atoms with Crippen LogP contribution in [0.3, 0.4) is 0 Å². The Balaban J connectivity index is 0.926. The monoisotopic (exact) mass is 970 g/mol. The molecular formula is C69H50N2S2. The van der Waals surface area contributed by atoms with Gasteiger partial charge in [-0.05, 0) is 137 Å². The summed E-state index contributed by atoms with van der Waals surface area (Å²) in [6, 6.07) is 69.0. The lowest BCUT2D eigenvalue weighted by molar-refractivity contribution is 0.391. The molecule has 0 fully saturated rings. The molecule has 3 atom stereocenters. The van der Waals surface area contributed by atoms with Crippen LogP contribution < -0.4 is 9.80 Å². The molecule has 0 N–H and O–H groups in total. The second kappa shape index (κ2) is 17.8. The van der Waals surface area contributed by atoms with E-state index in [-0.39, 0.29) is 17.3 Å². The Hall–Kier alpha value is -8.20. The van der Waals surface area contributed by atoms with E-state index in [1.807, 2.05) is 22.7 Å². The SMILES string of the molecule is C=C1/C2=C/C=C\C(C=CN(c3ccccc3)c3cccc4c3sc3ccccc34)C#CC2C2(CCc3ccccc31)C1=C(C=CCC1)c1cc(N(c3ccccc3)c3cccc4c3sc3ccccc34)ccc12. The van der Waals surface area contributed by atoms with Gasteiger partial charge in [-0.2, -0.15) is 0 Å². The van der Waals surface area contributed by atoms with E-state index in [9.17, 15) is 0 Å². The van der Waals surface area contributed by atoms with Crippen molar-refractivity contribution in [1.82, 2.24) is 0 Å². The number of allylic oxidation sites excluding steroid dienone is 10. The van der Waals surface area contributed by atoms with Gasteiger partial charge in [0.1, 0.15) is 0 Å². The third kappa shape index (κ3) is 7.13. The van der Waals surface area contributed by atoms with Crippen molar-refractivity contribution in [3.63, 3.8) is 0 Å². The van der Waals surface area contributed by atoms with Crippen LogP contribution in [0.15, 0.2) is 248 Å². The molecule has 4 aliphatic rings. The molecule has 348 valence electrons. The summed E-state index contributed by atoms with van der Waals surface area (Å²) in [4.78, 5) is 4.83. The van der Waals surface area contributed by atoms with Crippen molar-refractivity contribution < 1.29 is 0 Å². The van der Waals surface area contributed by atoms with E-state index in [2.05, 4.69) is 252 Å². The summed E-state index contributed by atoms with van der Waals surface area (Å²) in [5, 5.41) is 5.17. The molecule has 2 aromatic heterocycles. The van der Waals surface area contributed by atoms with E-state index in [1.165, 1.54) is 85.0 Å². The highest BCUT2D eigenvalue weighted by Gasteiger charge is 2.51. The number of benzene rings is 8. The predicted molar refractivity (Wildman–Crippen MR) is 314 cm³/mol. The summed E-state index contributed by atoms with van der Waals surface area (Å²) in [6.07, 6.45) is 20.1. The molecule has 0 saturated heterocycles. The maximum absolute atomic E-state index is 4.93. The highest BCUT2D eigenvalue weighted by atomic mass is 32.1. The van der Waals surface area contributed by atoms with Gasteiger partial charge in [-0.1, -0.05) is 176 Å². The van der Waals surface area contributed by atoms with Crippen molar-refractivity contribution in [2.75, 3.05) is 9.80 Å². The molecular weight excluding hydrogens is 921 g/mol. The molecule has 0 amide bonds. The van der Waals surface area contributed by atoms with Gasteiger partial charge in [0, 0.05) is 59.6 Å². The molecule has 73 heavy (non-hydrogen) atoms. The lowest BCUT2D eigenvalue weighted by Gasteiger charge is -2.43. The summed E-state index contributed by atoms with van der Waals surface area (Å²) in [5.41, 5.74) is 15.8. The standard InChI is InChI=1S/C69H50N2S2/c1-46-52-25-9-8-20-48(52)41-43-69(61-39-37-47(19-16-29-53(46)61)42-44-70(49-21-4-2-5-22-49)63-33-17-30-57-55-27-11-14-35-65(55)72-67(57)63)60-32-13-10-26-54(60)59-45-51(38-40-62(59)69)71(50-23-6-3-7-24-50)64-34-18-31-58-56-28-12-15-36-66(56)73-68(58)64/h2-12,14-31,33-36,38,40,42,44-45,47,61H,1,13,32,41,43H2/b19-16-,44-42?,53-29-. The highest BCUT2D eigenvalue weighted by Crippen LogP contribution is 2.61. The molecule has 0 bridgehead atoms. The van der Waals surface area contributed by atoms with Gasteiger partial charge >= 0.3 is 0 Å². The average molecular weight is 971 g/mol. The molecule has 10 aromatic rings. The molecule has 8 aromatic carbocycles. The topological polar surface area (TPSA) is 6.48 Å². The minimum Gasteiger partial charge on any atom is -0.316 e. The number of aryl methyl sites for hydroxylation is 1. The van der Waals surface area contributed by atoms with Crippen LogP contribution in [-0.4, -0.2) is 0 Å². The van der Waals surface area contributed by atoms with Crippen molar-refractivity contribution in [3.8, 4) is 11.8 Å². The van der Waals surface area contributed by atoms with Crippen LogP contribution in [0, 0.1) is 23.7 Å². The van der Waals surface area contributed by atoms with Crippen molar-refractivity contribution in [2.24, 2.45) is 11.8 Å². The molecule has 14 rings (SSSR count). The molecule has 2 nitrogen and oxygen atoms in total. The summed E-state index contributed by atoms with van der Waals surface area (Å²) in [6.45, 7) is 4.93. The van der Waals surface area contributed by atoms with Gasteiger partial charge in [-0.25, -0.2) is 0 Å². The second-order valence-corrected chi connectivity index (χ2v) is 21.8. The Morgan fingerprint density at radius 1 is 0.589 bits per heavy atom. The van der Waals surface area contributed by atoms with Crippen molar-refractivity contribution >= 4 is 103 Å². The maximum Gasteiger partial charge on any atom is 0.0640 e. The van der Waals surface area contributed by atoms with Gasteiger partial charge in [-0.3, -0.25) is 0 Å². The fraction of sp³-hybridized carbons (Fsp3) is 0.101. The zero-order valence-corrected chi connectivity index (χ0v) is 42.0. The Labute approximate surface area is 435 Å². The third-order valence-electron chi connectivity index (χ3n) is 15.8. The van der Waals surface area contributed by atoms with E-state index >= 15 is 0 Å². The Morgan fingerprint density at radius 2 is 1.25 bits per heavy atom. The number of anilines is 5. The van der Waals surface area contributed by atoms with Gasteiger partial charge in [0.25, 0.3) is 0 Å². The normalized spacial score (nSPS) is 20.1. The molecule has 3 unspecified atom stereocenters. The first-order valence-electron chi connectivity index (χ1n) is 25.5. The highest BCUT2D eigenvalue weighted by molar-refractivity contribution is 7.26. The van der Waals surface area contributed by atoms with E-state index in [1.54, 1.807) is 0 Å². The van der Waals surface area contributed by atoms with Crippen molar-refractivity contribution in [2.45, 2.75) is 31.1 Å². The van der Waals surface area contributed by atoms with Crippen molar-refractivity contribution in [1.29, 1.82) is 0 Å². The lowest BCUT2D eigenvalue weighted by Crippen LogP contribution is -2.39. The molecule has 2 heterocycles. The number of para-hydroxylation sites is 2. The minimum absolute atomic E-state index is 0.132. The number of hydrogen-bond acceptors (Lipinski definition) is 4. The zero-order valence-electron chi connectivity index (χ0n) is 40.3. The predicted octanol–water partition coefficient (Wildman–Crippen LogP) is 19.0. The van der Waals surface area contributed by atoms with Gasteiger partial charge in [0.05, 0.1) is 32.6 Å². The summed E-state index contributed by atoms with van der Waals surface area (Å²) >= 11 is 3.74. The van der Waals surface area contributed by atoms with Gasteiger partial charge in [0.15, 0.2) is 0 Å². The largest absolute Gasteiger partial charge is 0.316 e. The van der Waals surface area contributed by atoms with Crippen LogP contribution in [0.25, 0.3) is 51.5 Å². The number of hydrogen-bond donors (Lipinski definition) is 0. The third-order valence-corrected chi connectivity index (χ3v) is 18.2. The fourth-order valence-electron chi connectivity index (χ4n) is 12.5. The van der Waals surface area contributed by atoms with E-state index < -0.39 is 0 Å². The first kappa shape index (κ1) is 43.6. The van der Waals surface area contributed by atoms with E-state index in [0.717, 1.165) is 54.0 Å². The summed E-state index contributed by atoms with van der Waals surface area (Å²) in [5.74, 6) is 7.78. The maximum atomic E-state index is 4.93. The molecule has 1 spiro atoms. The first-order valence-corrected chi connectivity index (χ1v) is 27.2. The van der Waals surface area contributed by atoms with Crippen LogP contribution >= 0.6 is 22.7 Å². The number of thiophene rings is 2. The lowest BCUT2D eigenvalue weighted by atomic mass is 9.58. The van der Waals surface area contributed by atoms with Gasteiger partial charge in [0.2, 0.25) is 0 Å². The van der Waals surface area contributed by atoms with Crippen LogP contribution in [0.5, 0.6) is 0 Å². The van der Waals surface area contributed by atoms with Gasteiger partial charge in [-0.15, -0.1) is 22.7 Å². The quantitative estimate of drug-likeness (QED) is 0.147. The Kier molecular flexibility index (Phi) is 10.6. The van der Waals surface area contributed by atoms with Crippen LogP contribution in [0.2, 0.25) is 0 Å². The second-order valence-electron chi connectivity index (χ2n) is 19.6. The van der Waals surface area contributed by atoms with E-state index in [0.29, 0.717) is 0 Å². The smallest absolute Gasteiger partial charge is 0.0640 e. The first-order chi connectivity index (χ1) is 36.1. The number of rotatable bonds is 7. The molecule has 0 radical (unpaired) electrons. The van der Waals surface area contributed by atoms with E-state index in [4.69, 9.17) is 6.58 Å². The summed E-state index contributed by atoms with van der Waals surface area (Å²) in [7, 11) is 0. The molecule has 4 heteroatoms. The minimum atomic E-state index is -0.376. The van der Waals surface area contributed by atoms with Crippen LogP contribution in [0.1, 0.15) is 41.5 Å². The molecule has 0 aliphatic heterocycles. The van der Waals surface area contributed by atoms with Gasteiger partial charge < -0.3 is 9.80 Å².